The summed E-state index contributed by atoms with van der Waals surface area (Å²) < 4.78 is 11.1. The van der Waals surface area contributed by atoms with Crippen molar-refractivity contribution in [3.05, 3.63) is 170 Å². The topological polar surface area (TPSA) is 48.8 Å². The van der Waals surface area contributed by atoms with Gasteiger partial charge in [0.2, 0.25) is 5.95 Å². The summed E-state index contributed by atoms with van der Waals surface area (Å²) in [4.78, 5) is 10.8. The number of fused-ring (bicyclic) bond motifs is 11. The van der Waals surface area contributed by atoms with E-state index in [9.17, 15) is 0 Å². The Hall–Kier alpha value is -7.24. The van der Waals surface area contributed by atoms with Gasteiger partial charge in [-0.3, -0.25) is 4.57 Å². The summed E-state index contributed by atoms with van der Waals surface area (Å²) in [6, 6.07) is 60.0. The Morgan fingerprint density at radius 3 is 1.83 bits per heavy atom. The molecule has 246 valence electrons. The van der Waals surface area contributed by atoms with Gasteiger partial charge in [-0.25, -0.2) is 9.97 Å². The average Bonchev–Trinajstić information content (AvgIpc) is 3.86. The minimum atomic E-state index is 0.627. The molecule has 0 aliphatic rings. The van der Waals surface area contributed by atoms with Crippen LogP contribution in [0.15, 0.2) is 174 Å². The lowest BCUT2D eigenvalue weighted by molar-refractivity contribution is 0.669. The van der Waals surface area contributed by atoms with Crippen molar-refractivity contribution in [1.29, 1.82) is 0 Å². The van der Waals surface area contributed by atoms with Gasteiger partial charge in [0.15, 0.2) is 0 Å². The Kier molecular flexibility index (Phi) is 5.71. The van der Waals surface area contributed by atoms with E-state index in [0.29, 0.717) is 5.95 Å². The van der Waals surface area contributed by atoms with Crippen LogP contribution in [0.5, 0.6) is 0 Å². The van der Waals surface area contributed by atoms with Crippen LogP contribution in [0.2, 0.25) is 0 Å². The predicted molar refractivity (Wildman–Crippen MR) is 218 cm³/mol. The molecule has 5 nitrogen and oxygen atoms in total. The second-order valence-corrected chi connectivity index (χ2v) is 13.8. The average molecular weight is 677 g/mol. The van der Waals surface area contributed by atoms with Crippen molar-refractivity contribution in [2.75, 3.05) is 0 Å². The number of para-hydroxylation sites is 4. The molecule has 0 N–H and O–H groups in total. The first-order valence-corrected chi connectivity index (χ1v) is 17.9. The molecule has 0 aliphatic heterocycles. The molecule has 12 rings (SSSR count). The molecule has 0 amide bonds. The maximum atomic E-state index is 6.52. The number of rotatable bonds is 3. The minimum absolute atomic E-state index is 0.627. The van der Waals surface area contributed by atoms with Gasteiger partial charge in [0.05, 0.1) is 33.3 Å². The summed E-state index contributed by atoms with van der Waals surface area (Å²) in [6.45, 7) is 0. The summed E-state index contributed by atoms with van der Waals surface area (Å²) in [5.41, 5.74) is 10.0. The Bertz CT molecular complexity index is 3460. The normalized spacial score (nSPS) is 12.2. The van der Waals surface area contributed by atoms with Crippen LogP contribution in [0.25, 0.3) is 110 Å². The number of hydrogen-bond donors (Lipinski definition) is 0. The van der Waals surface area contributed by atoms with Crippen LogP contribution in [0.3, 0.4) is 0 Å². The molecular formula is C48H28N4O. The smallest absolute Gasteiger partial charge is 0.235 e. The van der Waals surface area contributed by atoms with E-state index in [4.69, 9.17) is 14.4 Å². The molecule has 4 heterocycles. The van der Waals surface area contributed by atoms with Gasteiger partial charge in [-0.05, 0) is 71.4 Å². The van der Waals surface area contributed by atoms with E-state index in [-0.39, 0.29) is 0 Å². The van der Waals surface area contributed by atoms with Crippen molar-refractivity contribution in [1.82, 2.24) is 19.1 Å². The fourth-order valence-corrected chi connectivity index (χ4v) is 8.58. The Labute approximate surface area is 302 Å². The molecule has 53 heavy (non-hydrogen) atoms. The number of hydrogen-bond acceptors (Lipinski definition) is 3. The van der Waals surface area contributed by atoms with Crippen LogP contribution in [-0.2, 0) is 0 Å². The molecule has 0 saturated heterocycles. The molecule has 0 spiro atoms. The van der Waals surface area contributed by atoms with Crippen molar-refractivity contribution in [2.45, 2.75) is 0 Å². The standard InChI is InChI=1S/C48H28N4O/c1-2-15-31(16-3-1)51-40-22-10-7-17-32(40)36-27-37-33-18-8-11-23-41(33)52(43(37)28-42(36)51)48-49-39-21-9-6-19-34(39)47(50-48)35-20-12-24-44-46(35)38-25-29-13-4-5-14-30(29)26-45(38)53-44/h1-28H. The van der Waals surface area contributed by atoms with Gasteiger partial charge < -0.3 is 8.98 Å². The zero-order valence-corrected chi connectivity index (χ0v) is 28.4. The molecule has 4 aromatic heterocycles. The Balaban J connectivity index is 1.19. The Morgan fingerprint density at radius 2 is 1.04 bits per heavy atom. The number of furan rings is 1. The summed E-state index contributed by atoms with van der Waals surface area (Å²) in [7, 11) is 0. The summed E-state index contributed by atoms with van der Waals surface area (Å²) >= 11 is 0. The summed E-state index contributed by atoms with van der Waals surface area (Å²) in [5.74, 6) is 0.627. The SMILES string of the molecule is c1ccc(-n2c3ccccc3c3cc4c5ccccc5n(-c5nc(-c6cccc7oc8cc9ccccc9cc8c67)c6ccccc6n5)c4cc32)cc1. The number of nitrogens with zero attached hydrogens (tertiary/aromatic N) is 4. The predicted octanol–water partition coefficient (Wildman–Crippen LogP) is 12.5. The molecule has 8 aromatic carbocycles. The van der Waals surface area contributed by atoms with Crippen LogP contribution in [-0.4, -0.2) is 19.1 Å². The van der Waals surface area contributed by atoms with Gasteiger partial charge in [0, 0.05) is 49.0 Å². The van der Waals surface area contributed by atoms with E-state index in [1.54, 1.807) is 0 Å². The van der Waals surface area contributed by atoms with Crippen molar-refractivity contribution in [3.63, 3.8) is 0 Å². The molecular weight excluding hydrogens is 649 g/mol. The largest absolute Gasteiger partial charge is 0.456 e. The second kappa shape index (κ2) is 10.6. The maximum Gasteiger partial charge on any atom is 0.235 e. The van der Waals surface area contributed by atoms with Crippen LogP contribution >= 0.6 is 0 Å². The van der Waals surface area contributed by atoms with Gasteiger partial charge in [-0.2, -0.15) is 0 Å². The fraction of sp³-hybridized carbons (Fsp3) is 0. The molecule has 12 aromatic rings. The Morgan fingerprint density at radius 1 is 0.396 bits per heavy atom. The summed E-state index contributed by atoms with van der Waals surface area (Å²) in [5, 5.41) is 10.2. The lowest BCUT2D eigenvalue weighted by Crippen LogP contribution is -2.03. The molecule has 0 fully saturated rings. The zero-order chi connectivity index (χ0) is 34.6. The third-order valence-electron chi connectivity index (χ3n) is 10.9. The quantitative estimate of drug-likeness (QED) is 0.187. The highest BCUT2D eigenvalue weighted by molar-refractivity contribution is 6.20. The van der Waals surface area contributed by atoms with Gasteiger partial charge >= 0.3 is 0 Å². The van der Waals surface area contributed by atoms with E-state index >= 15 is 0 Å². The highest BCUT2D eigenvalue weighted by atomic mass is 16.3. The molecule has 0 unspecified atom stereocenters. The first kappa shape index (κ1) is 28.5. The van der Waals surface area contributed by atoms with Crippen molar-refractivity contribution < 1.29 is 4.42 Å². The first-order valence-electron chi connectivity index (χ1n) is 17.9. The van der Waals surface area contributed by atoms with E-state index in [1.807, 2.05) is 0 Å². The zero-order valence-electron chi connectivity index (χ0n) is 28.4. The molecule has 0 saturated carbocycles. The molecule has 0 aliphatic carbocycles. The van der Waals surface area contributed by atoms with E-state index in [0.717, 1.165) is 82.5 Å². The van der Waals surface area contributed by atoms with Gasteiger partial charge in [-0.1, -0.05) is 109 Å². The van der Waals surface area contributed by atoms with Crippen molar-refractivity contribution >= 4 is 87.2 Å². The van der Waals surface area contributed by atoms with Gasteiger partial charge in [-0.15, -0.1) is 0 Å². The molecule has 0 radical (unpaired) electrons. The lowest BCUT2D eigenvalue weighted by Gasteiger charge is -2.13. The molecule has 0 bridgehead atoms. The minimum Gasteiger partial charge on any atom is -0.456 e. The van der Waals surface area contributed by atoms with Crippen molar-refractivity contribution in [3.8, 4) is 22.9 Å². The molecule has 5 heteroatoms. The number of aromatic nitrogens is 4. The summed E-state index contributed by atoms with van der Waals surface area (Å²) in [6.07, 6.45) is 0. The molecule has 0 atom stereocenters. The van der Waals surface area contributed by atoms with E-state index in [2.05, 4.69) is 179 Å². The van der Waals surface area contributed by atoms with Crippen LogP contribution in [0, 0.1) is 0 Å². The number of benzene rings is 8. The second-order valence-electron chi connectivity index (χ2n) is 13.8. The fourth-order valence-electron chi connectivity index (χ4n) is 8.58. The van der Waals surface area contributed by atoms with Crippen LogP contribution in [0.1, 0.15) is 0 Å². The van der Waals surface area contributed by atoms with Gasteiger partial charge in [0.1, 0.15) is 11.2 Å². The highest BCUT2D eigenvalue weighted by Gasteiger charge is 2.22. The highest BCUT2D eigenvalue weighted by Crippen LogP contribution is 2.42. The monoisotopic (exact) mass is 676 g/mol. The maximum absolute atomic E-state index is 6.52. The van der Waals surface area contributed by atoms with Crippen molar-refractivity contribution in [2.24, 2.45) is 0 Å². The van der Waals surface area contributed by atoms with E-state index in [1.165, 1.54) is 21.7 Å². The van der Waals surface area contributed by atoms with Crippen LogP contribution in [0.4, 0.5) is 0 Å². The lowest BCUT2D eigenvalue weighted by atomic mass is 9.99. The first-order chi connectivity index (χ1) is 26.3. The third kappa shape index (κ3) is 4.02. The van der Waals surface area contributed by atoms with Crippen LogP contribution < -0.4 is 0 Å². The van der Waals surface area contributed by atoms with E-state index < -0.39 is 0 Å². The third-order valence-corrected chi connectivity index (χ3v) is 10.9. The van der Waals surface area contributed by atoms with Gasteiger partial charge in [0.25, 0.3) is 0 Å².